The second-order valence-corrected chi connectivity index (χ2v) is 6.44. The second-order valence-electron chi connectivity index (χ2n) is 6.44. The summed E-state index contributed by atoms with van der Waals surface area (Å²) in [7, 11) is 0. The summed E-state index contributed by atoms with van der Waals surface area (Å²) in [6, 6.07) is 1.88. The lowest BCUT2D eigenvalue weighted by Gasteiger charge is -2.11. The minimum absolute atomic E-state index is 0.104. The third-order valence-corrected chi connectivity index (χ3v) is 4.60. The quantitative estimate of drug-likeness (QED) is 0.702. The van der Waals surface area contributed by atoms with Gasteiger partial charge in [-0.1, -0.05) is 26.2 Å². The molecule has 1 saturated carbocycles. The van der Waals surface area contributed by atoms with Crippen molar-refractivity contribution >= 4 is 11.3 Å². The van der Waals surface area contributed by atoms with Crippen LogP contribution in [0, 0.1) is 5.53 Å². The average molecular weight is 341 g/mol. The van der Waals surface area contributed by atoms with Crippen molar-refractivity contribution in [3.8, 4) is 5.75 Å². The van der Waals surface area contributed by atoms with E-state index in [4.69, 9.17) is 5.53 Å². The van der Waals surface area contributed by atoms with E-state index in [2.05, 4.69) is 15.4 Å². The molecule has 0 saturated heterocycles. The smallest absolute Gasteiger partial charge is 0.261 e. The Bertz CT molecular complexity index is 866. The van der Waals surface area contributed by atoms with E-state index in [1.165, 1.54) is 29.5 Å². The molecule has 3 N–H and O–H groups in total. The first-order valence-electron chi connectivity index (χ1n) is 8.71. The number of hydrogen-bond acceptors (Lipinski definition) is 6. The van der Waals surface area contributed by atoms with Crippen LogP contribution in [-0.4, -0.2) is 20.5 Å². The SMILES string of the molecule is CCCc1cnc2c(O)cc(/C(=C/NC3CCCC3)N=N)cn2c1=O. The summed E-state index contributed by atoms with van der Waals surface area (Å²) in [4.78, 5) is 16.8. The van der Waals surface area contributed by atoms with Crippen LogP contribution in [0.5, 0.6) is 5.75 Å². The summed E-state index contributed by atoms with van der Waals surface area (Å²) in [5, 5.41) is 17.1. The van der Waals surface area contributed by atoms with Gasteiger partial charge in [0.25, 0.3) is 5.56 Å². The largest absolute Gasteiger partial charge is 0.504 e. The monoisotopic (exact) mass is 341 g/mol. The molecule has 3 rings (SSSR count). The van der Waals surface area contributed by atoms with Gasteiger partial charge in [0.2, 0.25) is 0 Å². The summed E-state index contributed by atoms with van der Waals surface area (Å²) in [5.74, 6) is -0.104. The Morgan fingerprint density at radius 1 is 1.52 bits per heavy atom. The maximum Gasteiger partial charge on any atom is 0.261 e. The minimum Gasteiger partial charge on any atom is -0.504 e. The molecule has 1 aliphatic carbocycles. The zero-order chi connectivity index (χ0) is 17.8. The lowest BCUT2D eigenvalue weighted by molar-refractivity contribution is 0.476. The first-order chi connectivity index (χ1) is 12.1. The van der Waals surface area contributed by atoms with Gasteiger partial charge in [-0.2, -0.15) is 5.11 Å². The molecular weight excluding hydrogens is 318 g/mol. The van der Waals surface area contributed by atoms with Crippen LogP contribution < -0.4 is 10.9 Å². The zero-order valence-corrected chi connectivity index (χ0v) is 14.3. The van der Waals surface area contributed by atoms with Gasteiger partial charge in [0.05, 0.1) is 0 Å². The summed E-state index contributed by atoms with van der Waals surface area (Å²) in [6.07, 6.45) is 10.9. The van der Waals surface area contributed by atoms with Gasteiger partial charge in [0, 0.05) is 35.8 Å². The summed E-state index contributed by atoms with van der Waals surface area (Å²) < 4.78 is 1.34. The zero-order valence-electron chi connectivity index (χ0n) is 14.3. The summed E-state index contributed by atoms with van der Waals surface area (Å²) in [5.41, 5.74) is 8.94. The lowest BCUT2D eigenvalue weighted by atomic mass is 10.1. The molecule has 0 spiro atoms. The first-order valence-corrected chi connectivity index (χ1v) is 8.71. The Morgan fingerprint density at radius 2 is 2.28 bits per heavy atom. The topological polar surface area (TPSA) is 103 Å². The maximum absolute atomic E-state index is 12.6. The van der Waals surface area contributed by atoms with E-state index in [-0.39, 0.29) is 17.0 Å². The maximum atomic E-state index is 12.6. The van der Waals surface area contributed by atoms with Crippen molar-refractivity contribution in [2.45, 2.75) is 51.5 Å². The van der Waals surface area contributed by atoms with E-state index in [1.54, 1.807) is 12.4 Å². The van der Waals surface area contributed by atoms with Crippen molar-refractivity contribution in [2.24, 2.45) is 5.11 Å². The Hall–Kier alpha value is -2.70. The van der Waals surface area contributed by atoms with Gasteiger partial charge >= 0.3 is 0 Å². The molecule has 0 aromatic carbocycles. The normalized spacial score (nSPS) is 15.6. The van der Waals surface area contributed by atoms with E-state index in [9.17, 15) is 9.90 Å². The highest BCUT2D eigenvalue weighted by atomic mass is 16.3. The number of pyridine rings is 1. The molecule has 7 heteroatoms. The first kappa shape index (κ1) is 17.1. The van der Waals surface area contributed by atoms with Crippen molar-refractivity contribution in [2.75, 3.05) is 0 Å². The number of rotatable bonds is 6. The molecule has 2 aromatic rings. The molecule has 25 heavy (non-hydrogen) atoms. The number of hydrogen-bond donors (Lipinski definition) is 3. The number of nitrogens with zero attached hydrogens (tertiary/aromatic N) is 3. The van der Waals surface area contributed by atoms with Crippen molar-refractivity contribution < 1.29 is 5.11 Å². The van der Waals surface area contributed by atoms with Crippen molar-refractivity contribution in [1.29, 1.82) is 5.53 Å². The molecule has 0 unspecified atom stereocenters. The summed E-state index contributed by atoms with van der Waals surface area (Å²) in [6.45, 7) is 2.00. The highest BCUT2D eigenvalue weighted by molar-refractivity contribution is 5.68. The van der Waals surface area contributed by atoms with Gasteiger partial charge in [-0.15, -0.1) is 0 Å². The Labute approximate surface area is 145 Å². The molecule has 0 amide bonds. The number of nitrogens with one attached hydrogen (secondary N) is 2. The predicted octanol–water partition coefficient (Wildman–Crippen LogP) is 3.21. The molecular formula is C18H23N5O2. The third-order valence-electron chi connectivity index (χ3n) is 4.60. The predicted molar refractivity (Wildman–Crippen MR) is 95.6 cm³/mol. The van der Waals surface area contributed by atoms with Crippen LogP contribution in [0.15, 0.2) is 34.6 Å². The van der Waals surface area contributed by atoms with Gasteiger partial charge in [0.1, 0.15) is 5.70 Å². The molecule has 7 nitrogen and oxygen atoms in total. The number of aromatic hydroxyl groups is 1. The molecule has 1 fully saturated rings. The van der Waals surface area contributed by atoms with Crippen LogP contribution in [0.1, 0.15) is 50.2 Å². The van der Waals surface area contributed by atoms with E-state index < -0.39 is 0 Å². The fraction of sp³-hybridized carbons (Fsp3) is 0.444. The van der Waals surface area contributed by atoms with Crippen molar-refractivity contribution in [3.63, 3.8) is 0 Å². The van der Waals surface area contributed by atoms with Crippen molar-refractivity contribution in [1.82, 2.24) is 14.7 Å². The highest BCUT2D eigenvalue weighted by Crippen LogP contribution is 2.24. The average Bonchev–Trinajstić information content (AvgIpc) is 3.12. The van der Waals surface area contributed by atoms with Crippen molar-refractivity contribution in [3.05, 3.63) is 46.1 Å². The standard InChI is InChI=1S/C18H23N5O2/c1-2-5-12-9-21-17-16(24)8-13(11-23(17)18(12)25)15(22-19)10-20-14-6-3-4-7-14/h8-11,14,19-20,24H,2-7H2,1H3/b15-10-,22-19?. The van der Waals surface area contributed by atoms with Crippen LogP contribution in [-0.2, 0) is 6.42 Å². The highest BCUT2D eigenvalue weighted by Gasteiger charge is 2.15. The molecule has 0 atom stereocenters. The third kappa shape index (κ3) is 3.55. The Balaban J connectivity index is 2.02. The molecule has 0 bridgehead atoms. The lowest BCUT2D eigenvalue weighted by Crippen LogP contribution is -2.21. The van der Waals surface area contributed by atoms with Crippen LogP contribution in [0.3, 0.4) is 0 Å². The minimum atomic E-state index is -0.197. The van der Waals surface area contributed by atoms with Crippen LogP contribution in [0.2, 0.25) is 0 Å². The fourth-order valence-corrected chi connectivity index (χ4v) is 3.26. The van der Waals surface area contributed by atoms with Crippen LogP contribution in [0.25, 0.3) is 11.3 Å². The van der Waals surface area contributed by atoms with E-state index in [0.717, 1.165) is 19.3 Å². The Kier molecular flexibility index (Phi) is 5.11. The van der Waals surface area contributed by atoms with Gasteiger partial charge in [-0.25, -0.2) is 10.5 Å². The molecule has 2 heterocycles. The number of fused-ring (bicyclic) bond motifs is 1. The summed E-state index contributed by atoms with van der Waals surface area (Å²) >= 11 is 0. The van der Waals surface area contributed by atoms with E-state index in [0.29, 0.717) is 29.3 Å². The van der Waals surface area contributed by atoms with Gasteiger partial charge in [-0.05, 0) is 25.3 Å². The van der Waals surface area contributed by atoms with Gasteiger partial charge in [0.15, 0.2) is 11.4 Å². The Morgan fingerprint density at radius 3 is 2.96 bits per heavy atom. The molecule has 0 radical (unpaired) electrons. The fourth-order valence-electron chi connectivity index (χ4n) is 3.26. The number of aryl methyl sites for hydroxylation is 1. The second kappa shape index (κ2) is 7.46. The number of aromatic nitrogens is 2. The molecule has 0 aliphatic heterocycles. The molecule has 132 valence electrons. The van der Waals surface area contributed by atoms with E-state index >= 15 is 0 Å². The molecule has 1 aliphatic rings. The van der Waals surface area contributed by atoms with Crippen LogP contribution in [0.4, 0.5) is 0 Å². The van der Waals surface area contributed by atoms with Gasteiger partial charge in [-0.3, -0.25) is 9.20 Å². The van der Waals surface area contributed by atoms with Gasteiger partial charge < -0.3 is 10.4 Å². The molecule has 2 aromatic heterocycles. The van der Waals surface area contributed by atoms with E-state index in [1.807, 2.05) is 6.92 Å². The van der Waals surface area contributed by atoms with Crippen LogP contribution >= 0.6 is 0 Å².